The fourth-order valence-corrected chi connectivity index (χ4v) is 7.97. The molecule has 23 heavy (non-hydrogen) atoms. The summed E-state index contributed by atoms with van der Waals surface area (Å²) in [7, 11) is 0. The van der Waals surface area contributed by atoms with Crippen LogP contribution in [0.4, 0.5) is 0 Å². The minimum absolute atomic E-state index is 0.0717. The van der Waals surface area contributed by atoms with Crippen LogP contribution in [-0.2, 0) is 0 Å². The molecule has 4 rings (SSSR count). The number of hydrogen-bond acceptors (Lipinski definition) is 2. The molecule has 132 valence electrons. The molecule has 0 heterocycles. The van der Waals surface area contributed by atoms with E-state index in [2.05, 4.69) is 20.8 Å². The van der Waals surface area contributed by atoms with Crippen molar-refractivity contribution in [3.05, 3.63) is 0 Å². The lowest BCUT2D eigenvalue weighted by Crippen LogP contribution is -2.62. The fraction of sp³-hybridized carbons (Fsp3) is 1.00. The molecule has 0 aromatic carbocycles. The summed E-state index contributed by atoms with van der Waals surface area (Å²) in [5, 5.41) is 22.0. The molecule has 2 heteroatoms. The van der Waals surface area contributed by atoms with Crippen LogP contribution in [-0.4, -0.2) is 21.9 Å². The lowest BCUT2D eigenvalue weighted by Gasteiger charge is -2.63. The molecule has 0 radical (unpaired) electrons. The average molecular weight is 321 g/mol. The van der Waals surface area contributed by atoms with Crippen molar-refractivity contribution in [3.63, 3.8) is 0 Å². The molecule has 0 aromatic rings. The maximum Gasteiger partial charge on any atom is 0.0734 e. The van der Waals surface area contributed by atoms with Gasteiger partial charge in [0.25, 0.3) is 0 Å². The molecular weight excluding hydrogens is 284 g/mol. The number of aliphatic hydroxyl groups is 2. The van der Waals surface area contributed by atoms with Crippen molar-refractivity contribution in [2.75, 3.05) is 0 Å². The van der Waals surface area contributed by atoms with Crippen molar-refractivity contribution in [3.8, 4) is 0 Å². The molecule has 0 bridgehead atoms. The summed E-state index contributed by atoms with van der Waals surface area (Å²) >= 11 is 0. The van der Waals surface area contributed by atoms with Crippen LogP contribution in [0.1, 0.15) is 85.0 Å². The highest BCUT2D eigenvalue weighted by molar-refractivity contribution is 5.16. The molecule has 4 saturated carbocycles. The van der Waals surface area contributed by atoms with Crippen LogP contribution in [0.5, 0.6) is 0 Å². The zero-order valence-corrected chi connectivity index (χ0v) is 15.4. The standard InChI is InChI=1S/C21H36O2/c1-4-14-7-12-21(23)18-6-5-15-13-16(22)8-10-19(15,2)17(18)9-11-20(14,21)3/h14-18,22-23H,4-13H2,1-3H3. The van der Waals surface area contributed by atoms with Gasteiger partial charge in [-0.15, -0.1) is 0 Å². The molecule has 0 aromatic heterocycles. The van der Waals surface area contributed by atoms with Crippen molar-refractivity contribution in [1.29, 1.82) is 0 Å². The Hall–Kier alpha value is -0.0800. The second kappa shape index (κ2) is 5.21. The Labute approximate surface area is 142 Å². The van der Waals surface area contributed by atoms with Gasteiger partial charge in [-0.3, -0.25) is 0 Å². The van der Waals surface area contributed by atoms with E-state index in [-0.39, 0.29) is 11.5 Å². The molecule has 8 atom stereocenters. The van der Waals surface area contributed by atoms with Gasteiger partial charge in [0.15, 0.2) is 0 Å². The van der Waals surface area contributed by atoms with Crippen molar-refractivity contribution in [1.82, 2.24) is 0 Å². The molecule has 8 unspecified atom stereocenters. The Morgan fingerprint density at radius 3 is 2.43 bits per heavy atom. The van der Waals surface area contributed by atoms with Gasteiger partial charge in [0, 0.05) is 0 Å². The van der Waals surface area contributed by atoms with Crippen molar-refractivity contribution < 1.29 is 10.2 Å². The second-order valence-corrected chi connectivity index (χ2v) is 9.95. The Kier molecular flexibility index (Phi) is 3.71. The van der Waals surface area contributed by atoms with Crippen molar-refractivity contribution in [2.45, 2.75) is 96.7 Å². The summed E-state index contributed by atoms with van der Waals surface area (Å²) in [6, 6.07) is 0. The Balaban J connectivity index is 1.67. The van der Waals surface area contributed by atoms with Crippen LogP contribution in [0.25, 0.3) is 0 Å². The van der Waals surface area contributed by atoms with Gasteiger partial charge in [-0.2, -0.15) is 0 Å². The minimum atomic E-state index is -0.416. The van der Waals surface area contributed by atoms with Crippen LogP contribution in [0.3, 0.4) is 0 Å². The first-order chi connectivity index (χ1) is 10.8. The van der Waals surface area contributed by atoms with Gasteiger partial charge in [-0.1, -0.05) is 27.2 Å². The maximum atomic E-state index is 11.9. The molecule has 4 aliphatic carbocycles. The first-order valence-electron chi connectivity index (χ1n) is 10.3. The molecule has 0 spiro atoms. The third-order valence-corrected chi connectivity index (χ3v) is 9.51. The zero-order chi connectivity index (χ0) is 16.5. The molecule has 0 saturated heterocycles. The number of fused-ring (bicyclic) bond motifs is 5. The van der Waals surface area contributed by atoms with Gasteiger partial charge < -0.3 is 10.2 Å². The first-order valence-corrected chi connectivity index (χ1v) is 10.3. The van der Waals surface area contributed by atoms with E-state index >= 15 is 0 Å². The van der Waals surface area contributed by atoms with Gasteiger partial charge >= 0.3 is 0 Å². The molecule has 0 amide bonds. The van der Waals surface area contributed by atoms with Crippen LogP contribution in [0, 0.1) is 34.5 Å². The third kappa shape index (κ3) is 2.00. The Morgan fingerprint density at radius 1 is 0.913 bits per heavy atom. The molecule has 2 N–H and O–H groups in total. The quantitative estimate of drug-likeness (QED) is 0.745. The summed E-state index contributed by atoms with van der Waals surface area (Å²) in [5.74, 6) is 2.59. The fourth-order valence-electron chi connectivity index (χ4n) is 7.97. The van der Waals surface area contributed by atoms with Crippen LogP contribution >= 0.6 is 0 Å². The SMILES string of the molecule is CCC1CCC2(O)C3CCC4CC(O)CCC4(C)C3CCC12C. The van der Waals surface area contributed by atoms with E-state index in [1.165, 1.54) is 44.9 Å². The van der Waals surface area contributed by atoms with Gasteiger partial charge in [-0.05, 0) is 92.3 Å². The van der Waals surface area contributed by atoms with E-state index in [4.69, 9.17) is 0 Å². The molecule has 0 aliphatic heterocycles. The normalized spacial score (nSPS) is 59.1. The Bertz CT molecular complexity index is 476. The van der Waals surface area contributed by atoms with E-state index in [1.54, 1.807) is 0 Å². The summed E-state index contributed by atoms with van der Waals surface area (Å²) in [5.41, 5.74) is 0.102. The summed E-state index contributed by atoms with van der Waals surface area (Å²) in [4.78, 5) is 0. The van der Waals surface area contributed by atoms with Gasteiger partial charge in [0.1, 0.15) is 0 Å². The predicted molar refractivity (Wildman–Crippen MR) is 93.0 cm³/mol. The largest absolute Gasteiger partial charge is 0.393 e. The molecular formula is C21H36O2. The molecule has 2 nitrogen and oxygen atoms in total. The highest BCUT2D eigenvalue weighted by atomic mass is 16.3. The number of rotatable bonds is 1. The minimum Gasteiger partial charge on any atom is -0.393 e. The lowest BCUT2D eigenvalue weighted by atomic mass is 9.43. The third-order valence-electron chi connectivity index (χ3n) is 9.51. The van der Waals surface area contributed by atoms with Gasteiger partial charge in [-0.25, -0.2) is 0 Å². The van der Waals surface area contributed by atoms with Crippen LogP contribution < -0.4 is 0 Å². The smallest absolute Gasteiger partial charge is 0.0734 e. The highest BCUT2D eigenvalue weighted by Gasteiger charge is 2.66. The van der Waals surface area contributed by atoms with E-state index in [0.29, 0.717) is 29.1 Å². The summed E-state index contributed by atoms with van der Waals surface area (Å²) in [6.45, 7) is 7.22. The number of hydrogen-bond donors (Lipinski definition) is 2. The van der Waals surface area contributed by atoms with Crippen molar-refractivity contribution in [2.24, 2.45) is 34.5 Å². The second-order valence-electron chi connectivity index (χ2n) is 9.95. The van der Waals surface area contributed by atoms with Gasteiger partial charge in [0.05, 0.1) is 11.7 Å². The average Bonchev–Trinajstić information content (AvgIpc) is 2.79. The maximum absolute atomic E-state index is 11.9. The lowest BCUT2D eigenvalue weighted by molar-refractivity contribution is -0.210. The predicted octanol–water partition coefficient (Wildman–Crippen LogP) is 4.53. The molecule has 4 aliphatic rings. The van der Waals surface area contributed by atoms with Crippen molar-refractivity contribution >= 4 is 0 Å². The van der Waals surface area contributed by atoms with E-state index < -0.39 is 5.60 Å². The summed E-state index contributed by atoms with van der Waals surface area (Å²) in [6.07, 6.45) is 11.5. The number of aliphatic hydroxyl groups excluding tert-OH is 1. The van der Waals surface area contributed by atoms with E-state index in [9.17, 15) is 10.2 Å². The Morgan fingerprint density at radius 2 is 1.70 bits per heavy atom. The van der Waals surface area contributed by atoms with E-state index in [1.807, 2.05) is 0 Å². The summed E-state index contributed by atoms with van der Waals surface area (Å²) < 4.78 is 0. The first kappa shape index (κ1) is 16.4. The van der Waals surface area contributed by atoms with E-state index in [0.717, 1.165) is 19.3 Å². The molecule has 4 fully saturated rings. The van der Waals surface area contributed by atoms with Gasteiger partial charge in [0.2, 0.25) is 0 Å². The zero-order valence-electron chi connectivity index (χ0n) is 15.4. The highest BCUT2D eigenvalue weighted by Crippen LogP contribution is 2.69. The topological polar surface area (TPSA) is 40.5 Å². The monoisotopic (exact) mass is 320 g/mol. The van der Waals surface area contributed by atoms with Crippen LogP contribution in [0.15, 0.2) is 0 Å². The van der Waals surface area contributed by atoms with Crippen LogP contribution in [0.2, 0.25) is 0 Å².